The molecular formula is C17H33N2O+. The van der Waals surface area contributed by atoms with E-state index in [2.05, 4.69) is 31.0 Å². The second kappa shape index (κ2) is 10.1. The number of hydrogen-bond donors (Lipinski definition) is 1. The average Bonchev–Trinajstić information content (AvgIpc) is 2.86. The fraction of sp³-hybridized carbons (Fsp3) is 0.824. The van der Waals surface area contributed by atoms with Crippen LogP contribution in [0.25, 0.3) is 0 Å². The van der Waals surface area contributed by atoms with Crippen LogP contribution in [0.2, 0.25) is 0 Å². The molecule has 0 fully saturated rings. The Hall–Kier alpha value is -0.670. The Labute approximate surface area is 125 Å². The van der Waals surface area contributed by atoms with Crippen LogP contribution in [0.5, 0.6) is 0 Å². The Bertz CT molecular complexity index is 301. The Kier molecular flexibility index (Phi) is 8.79. The highest BCUT2D eigenvalue weighted by atomic mass is 16.3. The third-order valence-electron chi connectivity index (χ3n) is 4.52. The summed E-state index contributed by atoms with van der Waals surface area (Å²) in [5, 5.41) is 9.26. The number of likely N-dealkylation sites (N-methyl/N-ethyl adjacent to an activating group) is 1. The fourth-order valence-corrected chi connectivity index (χ4v) is 3.02. The molecule has 0 spiro atoms. The highest BCUT2D eigenvalue weighted by Crippen LogP contribution is 2.22. The van der Waals surface area contributed by atoms with Crippen LogP contribution in [-0.2, 0) is 0 Å². The second-order valence-electron chi connectivity index (χ2n) is 5.89. The Balaban J connectivity index is 2.24. The number of aliphatic hydroxyl groups is 1. The number of unbranched alkanes of at least 4 members (excludes halogenated alkanes) is 5. The van der Waals surface area contributed by atoms with Crippen LogP contribution in [0, 0.1) is 0 Å². The van der Waals surface area contributed by atoms with Gasteiger partial charge in [0.25, 0.3) is 0 Å². The smallest absolute Gasteiger partial charge is 0.186 e. The molecule has 0 aromatic carbocycles. The maximum Gasteiger partial charge on any atom is 0.186 e. The average molecular weight is 281 g/mol. The SMILES string of the molecule is CCCCCCC/C=C/CC1N=CC[N+]1(CC)CCO. The Morgan fingerprint density at radius 2 is 2.00 bits per heavy atom. The van der Waals surface area contributed by atoms with Crippen LogP contribution in [0.1, 0.15) is 58.8 Å². The number of aliphatic hydroxyl groups excluding tert-OH is 1. The van der Waals surface area contributed by atoms with Crippen molar-refractivity contribution >= 4 is 6.21 Å². The monoisotopic (exact) mass is 281 g/mol. The molecule has 0 saturated carbocycles. The summed E-state index contributed by atoms with van der Waals surface area (Å²) in [4.78, 5) is 4.62. The summed E-state index contributed by atoms with van der Waals surface area (Å²) in [5.74, 6) is 0. The molecule has 116 valence electrons. The van der Waals surface area contributed by atoms with E-state index in [-0.39, 0.29) is 6.61 Å². The molecule has 0 saturated heterocycles. The van der Waals surface area contributed by atoms with Crippen LogP contribution in [0.3, 0.4) is 0 Å². The van der Waals surface area contributed by atoms with Gasteiger partial charge >= 0.3 is 0 Å². The predicted molar refractivity (Wildman–Crippen MR) is 87.0 cm³/mol. The third-order valence-corrected chi connectivity index (χ3v) is 4.52. The predicted octanol–water partition coefficient (Wildman–Crippen LogP) is 3.53. The highest BCUT2D eigenvalue weighted by Gasteiger charge is 2.36. The number of nitrogens with zero attached hydrogens (tertiary/aromatic N) is 2. The summed E-state index contributed by atoms with van der Waals surface area (Å²) in [7, 11) is 0. The van der Waals surface area contributed by atoms with Gasteiger partial charge in [0.2, 0.25) is 0 Å². The molecular weight excluding hydrogens is 248 g/mol. The van der Waals surface area contributed by atoms with Crippen LogP contribution in [0.15, 0.2) is 17.1 Å². The molecule has 3 heteroatoms. The molecule has 2 atom stereocenters. The van der Waals surface area contributed by atoms with E-state index in [4.69, 9.17) is 0 Å². The Morgan fingerprint density at radius 3 is 2.70 bits per heavy atom. The summed E-state index contributed by atoms with van der Waals surface area (Å²) in [6, 6.07) is 0. The largest absolute Gasteiger partial charge is 0.391 e. The summed E-state index contributed by atoms with van der Waals surface area (Å²) < 4.78 is 0.928. The standard InChI is InChI=1S/C17H33N2O/c1-3-5-6-7-8-9-10-11-12-17-18-13-14-19(17,4-2)15-16-20/h10-11,13,17,20H,3-9,12,14-16H2,1-2H3/q+1/b11-10+. The maximum atomic E-state index is 9.26. The van der Waals surface area contributed by atoms with E-state index >= 15 is 0 Å². The van der Waals surface area contributed by atoms with Crippen molar-refractivity contribution in [1.29, 1.82) is 0 Å². The second-order valence-corrected chi connectivity index (χ2v) is 5.89. The molecule has 1 aliphatic rings. The minimum Gasteiger partial charge on any atom is -0.391 e. The van der Waals surface area contributed by atoms with Gasteiger partial charge in [-0.1, -0.05) is 44.8 Å². The first-order valence-corrected chi connectivity index (χ1v) is 8.42. The first-order chi connectivity index (χ1) is 9.79. The van der Waals surface area contributed by atoms with Gasteiger partial charge in [-0.15, -0.1) is 0 Å². The molecule has 0 aliphatic carbocycles. The minimum atomic E-state index is 0.259. The van der Waals surface area contributed by atoms with Crippen molar-refractivity contribution < 1.29 is 9.59 Å². The van der Waals surface area contributed by atoms with E-state index in [9.17, 15) is 5.11 Å². The summed E-state index contributed by atoms with van der Waals surface area (Å²) in [6.07, 6.45) is 15.9. The van der Waals surface area contributed by atoms with Gasteiger partial charge in [0.1, 0.15) is 13.1 Å². The lowest BCUT2D eigenvalue weighted by Crippen LogP contribution is -2.53. The quantitative estimate of drug-likeness (QED) is 0.351. The van der Waals surface area contributed by atoms with Crippen molar-refractivity contribution in [2.45, 2.75) is 65.0 Å². The minimum absolute atomic E-state index is 0.259. The van der Waals surface area contributed by atoms with Crippen LogP contribution < -0.4 is 0 Å². The number of rotatable bonds is 11. The molecule has 0 amide bonds. The van der Waals surface area contributed by atoms with Gasteiger partial charge in [0.05, 0.1) is 19.4 Å². The van der Waals surface area contributed by atoms with E-state index < -0.39 is 0 Å². The first-order valence-electron chi connectivity index (χ1n) is 8.42. The van der Waals surface area contributed by atoms with E-state index in [1.165, 1.54) is 38.5 Å². The van der Waals surface area contributed by atoms with Crippen LogP contribution in [0.4, 0.5) is 0 Å². The number of quaternary nitrogens is 1. The lowest BCUT2D eigenvalue weighted by molar-refractivity contribution is -0.935. The van der Waals surface area contributed by atoms with Crippen LogP contribution in [-0.4, -0.2) is 48.2 Å². The van der Waals surface area contributed by atoms with Gasteiger partial charge in [0, 0.05) is 6.42 Å². The molecule has 1 aliphatic heterocycles. The van der Waals surface area contributed by atoms with Gasteiger partial charge in [-0.2, -0.15) is 0 Å². The van der Waals surface area contributed by atoms with Gasteiger partial charge in [0.15, 0.2) is 6.17 Å². The van der Waals surface area contributed by atoms with Gasteiger partial charge in [-0.05, 0) is 19.8 Å². The first kappa shape index (κ1) is 17.4. The zero-order chi connectivity index (χ0) is 14.7. The van der Waals surface area contributed by atoms with Gasteiger partial charge < -0.3 is 5.11 Å². The molecule has 0 aromatic heterocycles. The molecule has 1 heterocycles. The van der Waals surface area contributed by atoms with Crippen molar-refractivity contribution in [2.75, 3.05) is 26.2 Å². The molecule has 0 aromatic rings. The molecule has 0 bridgehead atoms. The lowest BCUT2D eigenvalue weighted by Gasteiger charge is -2.37. The normalized spacial score (nSPS) is 25.9. The highest BCUT2D eigenvalue weighted by molar-refractivity contribution is 5.60. The van der Waals surface area contributed by atoms with Crippen molar-refractivity contribution in [3.8, 4) is 0 Å². The van der Waals surface area contributed by atoms with Crippen molar-refractivity contribution in [1.82, 2.24) is 0 Å². The molecule has 1 N–H and O–H groups in total. The fourth-order valence-electron chi connectivity index (χ4n) is 3.02. The van der Waals surface area contributed by atoms with Crippen molar-refractivity contribution in [3.63, 3.8) is 0 Å². The van der Waals surface area contributed by atoms with E-state index in [1.807, 2.05) is 6.21 Å². The maximum absolute atomic E-state index is 9.26. The van der Waals surface area contributed by atoms with Crippen LogP contribution >= 0.6 is 0 Å². The van der Waals surface area contributed by atoms with E-state index in [0.29, 0.717) is 6.17 Å². The van der Waals surface area contributed by atoms with Gasteiger partial charge in [-0.3, -0.25) is 4.48 Å². The zero-order valence-corrected chi connectivity index (χ0v) is 13.4. The Morgan fingerprint density at radius 1 is 1.20 bits per heavy atom. The summed E-state index contributed by atoms with van der Waals surface area (Å²) in [5.41, 5.74) is 0. The van der Waals surface area contributed by atoms with Crippen molar-refractivity contribution in [2.24, 2.45) is 4.99 Å². The number of aliphatic imine (C=N–C) groups is 1. The molecule has 20 heavy (non-hydrogen) atoms. The molecule has 2 unspecified atom stereocenters. The molecule has 3 nitrogen and oxygen atoms in total. The van der Waals surface area contributed by atoms with E-state index in [1.54, 1.807) is 0 Å². The number of allylic oxidation sites excluding steroid dienone is 1. The van der Waals surface area contributed by atoms with E-state index in [0.717, 1.165) is 30.5 Å². The third kappa shape index (κ3) is 5.37. The lowest BCUT2D eigenvalue weighted by atomic mass is 10.1. The summed E-state index contributed by atoms with van der Waals surface area (Å²) >= 11 is 0. The zero-order valence-electron chi connectivity index (χ0n) is 13.4. The topological polar surface area (TPSA) is 32.6 Å². The molecule has 1 rings (SSSR count). The van der Waals surface area contributed by atoms with Crippen molar-refractivity contribution in [3.05, 3.63) is 12.2 Å². The number of hydrogen-bond acceptors (Lipinski definition) is 2. The summed E-state index contributed by atoms with van der Waals surface area (Å²) in [6.45, 7) is 7.57. The molecule has 0 radical (unpaired) electrons. The van der Waals surface area contributed by atoms with Gasteiger partial charge in [-0.25, -0.2) is 4.99 Å².